The largest absolute Gasteiger partial charge is 0.480 e. The zero-order valence-electron chi connectivity index (χ0n) is 15.6. The summed E-state index contributed by atoms with van der Waals surface area (Å²) in [5, 5.41) is 14.2. The van der Waals surface area contributed by atoms with Crippen molar-refractivity contribution in [2.75, 3.05) is 0 Å². The van der Waals surface area contributed by atoms with Crippen LogP contribution in [0.4, 0.5) is 4.79 Å². The van der Waals surface area contributed by atoms with Crippen LogP contribution in [0, 0.1) is 18.3 Å². The molecule has 0 saturated heterocycles. The second-order valence-corrected chi connectivity index (χ2v) is 6.42. The number of carboxylic acids is 1. The molecule has 1 rings (SSSR count). The Kier molecular flexibility index (Phi) is 9.45. The van der Waals surface area contributed by atoms with E-state index in [0.29, 0.717) is 12.8 Å². The zero-order chi connectivity index (χ0) is 20.2. The predicted molar refractivity (Wildman–Crippen MR) is 101 cm³/mol. The molecule has 2 amide bonds. The highest BCUT2D eigenvalue weighted by Gasteiger charge is 2.28. The molecule has 146 valence electrons. The minimum Gasteiger partial charge on any atom is -0.480 e. The van der Waals surface area contributed by atoms with Gasteiger partial charge in [-0.25, -0.2) is 9.59 Å². The Morgan fingerprint density at radius 3 is 2.41 bits per heavy atom. The number of amides is 2. The molecule has 0 aliphatic heterocycles. The van der Waals surface area contributed by atoms with Gasteiger partial charge in [-0.05, 0) is 24.3 Å². The number of alkyl carbamates (subject to hydrolysis) is 1. The van der Waals surface area contributed by atoms with Gasteiger partial charge in [0.1, 0.15) is 18.7 Å². The van der Waals surface area contributed by atoms with Crippen molar-refractivity contribution in [2.24, 2.45) is 5.92 Å². The number of aliphatic carboxylic acids is 1. The molecule has 1 aromatic rings. The Morgan fingerprint density at radius 2 is 1.85 bits per heavy atom. The highest BCUT2D eigenvalue weighted by molar-refractivity contribution is 5.89. The van der Waals surface area contributed by atoms with E-state index in [1.807, 2.05) is 30.3 Å². The third-order valence-corrected chi connectivity index (χ3v) is 3.86. The highest BCUT2D eigenvalue weighted by atomic mass is 16.5. The summed E-state index contributed by atoms with van der Waals surface area (Å²) >= 11 is 0. The Hall–Kier alpha value is -3.01. The average molecular weight is 374 g/mol. The van der Waals surface area contributed by atoms with Crippen LogP contribution < -0.4 is 10.6 Å². The summed E-state index contributed by atoms with van der Waals surface area (Å²) in [6.07, 6.45) is 5.54. The number of hydrogen-bond acceptors (Lipinski definition) is 4. The van der Waals surface area contributed by atoms with Gasteiger partial charge in [0, 0.05) is 6.42 Å². The van der Waals surface area contributed by atoms with Crippen LogP contribution in [0.1, 0.15) is 38.7 Å². The number of ether oxygens (including phenoxy) is 1. The lowest BCUT2D eigenvalue weighted by atomic mass is 10.0. The van der Waals surface area contributed by atoms with E-state index in [0.717, 1.165) is 5.56 Å². The molecule has 0 aliphatic rings. The molecule has 0 unspecified atom stereocenters. The van der Waals surface area contributed by atoms with Gasteiger partial charge in [-0.2, -0.15) is 0 Å². The molecule has 7 heteroatoms. The van der Waals surface area contributed by atoms with E-state index in [9.17, 15) is 19.5 Å². The van der Waals surface area contributed by atoms with Crippen molar-refractivity contribution in [3.63, 3.8) is 0 Å². The molecule has 7 nitrogen and oxygen atoms in total. The van der Waals surface area contributed by atoms with E-state index in [1.165, 1.54) is 0 Å². The number of rotatable bonds is 10. The molecule has 0 spiro atoms. The van der Waals surface area contributed by atoms with Crippen molar-refractivity contribution in [3.05, 3.63) is 35.9 Å². The fourth-order valence-corrected chi connectivity index (χ4v) is 2.35. The first-order valence-corrected chi connectivity index (χ1v) is 8.79. The molecule has 27 heavy (non-hydrogen) atoms. The van der Waals surface area contributed by atoms with Crippen LogP contribution in [-0.4, -0.2) is 35.2 Å². The Bertz CT molecular complexity index is 667. The number of carbonyl (C=O) groups excluding carboxylic acids is 2. The minimum absolute atomic E-state index is 0.0724. The van der Waals surface area contributed by atoms with Crippen LogP contribution in [0.3, 0.4) is 0 Å². The molecule has 1 aromatic carbocycles. The number of benzene rings is 1. The SMILES string of the molecule is C#CCCC[C@@H](NC(=O)[C@@H](NC(=O)OCc1ccccc1)C(C)C)C(=O)O. The average Bonchev–Trinajstić information content (AvgIpc) is 2.64. The van der Waals surface area contributed by atoms with Crippen molar-refractivity contribution in [1.29, 1.82) is 0 Å². The van der Waals surface area contributed by atoms with Crippen LogP contribution in [0.25, 0.3) is 0 Å². The topological polar surface area (TPSA) is 105 Å². The van der Waals surface area contributed by atoms with Gasteiger partial charge in [-0.15, -0.1) is 12.3 Å². The molecule has 0 radical (unpaired) electrons. The Labute approximate surface area is 159 Å². The number of nitrogens with one attached hydrogen (secondary N) is 2. The maximum Gasteiger partial charge on any atom is 0.408 e. The lowest BCUT2D eigenvalue weighted by Crippen LogP contribution is -2.53. The summed E-state index contributed by atoms with van der Waals surface area (Å²) < 4.78 is 5.12. The fraction of sp³-hybridized carbons (Fsp3) is 0.450. The molecule has 3 N–H and O–H groups in total. The van der Waals surface area contributed by atoms with Crippen LogP contribution in [0.15, 0.2) is 30.3 Å². The maximum atomic E-state index is 12.5. The standard InChI is InChI=1S/C20H26N2O5/c1-4-5-7-12-16(19(24)25)21-18(23)17(14(2)3)22-20(26)27-13-15-10-8-6-9-11-15/h1,6,8-11,14,16-17H,5,7,12-13H2,2-3H3,(H,21,23)(H,22,26)(H,24,25)/t16-,17+/m1/s1. The van der Waals surface area contributed by atoms with Gasteiger partial charge in [0.25, 0.3) is 0 Å². The number of hydrogen-bond donors (Lipinski definition) is 3. The number of unbranched alkanes of at least 4 members (excludes halogenated alkanes) is 1. The van der Waals surface area contributed by atoms with E-state index in [-0.39, 0.29) is 18.9 Å². The first-order chi connectivity index (χ1) is 12.8. The molecule has 0 heterocycles. The first-order valence-electron chi connectivity index (χ1n) is 8.79. The molecule has 0 aromatic heterocycles. The summed E-state index contributed by atoms with van der Waals surface area (Å²) in [4.78, 5) is 35.8. The van der Waals surface area contributed by atoms with Crippen LogP contribution in [-0.2, 0) is 20.9 Å². The van der Waals surface area contributed by atoms with Gasteiger partial charge in [-0.3, -0.25) is 4.79 Å². The van der Waals surface area contributed by atoms with Crippen molar-refractivity contribution >= 4 is 18.0 Å². The minimum atomic E-state index is -1.14. The van der Waals surface area contributed by atoms with Crippen LogP contribution in [0.5, 0.6) is 0 Å². The molecule has 0 aliphatic carbocycles. The van der Waals surface area contributed by atoms with Crippen molar-refractivity contribution in [3.8, 4) is 12.3 Å². The number of carbonyl (C=O) groups is 3. The lowest BCUT2D eigenvalue weighted by Gasteiger charge is -2.23. The quantitative estimate of drug-likeness (QED) is 0.431. The first kappa shape index (κ1) is 22.0. The Morgan fingerprint density at radius 1 is 1.19 bits per heavy atom. The third kappa shape index (κ3) is 8.27. The van der Waals surface area contributed by atoms with Gasteiger partial charge in [-0.1, -0.05) is 44.2 Å². The Balaban J connectivity index is 2.61. The summed E-state index contributed by atoms with van der Waals surface area (Å²) in [5.74, 6) is 0.457. The van der Waals surface area contributed by atoms with E-state index in [2.05, 4.69) is 16.6 Å². The van der Waals surface area contributed by atoms with Gasteiger partial charge in [0.2, 0.25) is 5.91 Å². The van der Waals surface area contributed by atoms with Gasteiger partial charge >= 0.3 is 12.1 Å². The maximum absolute atomic E-state index is 12.5. The normalized spacial score (nSPS) is 12.5. The monoisotopic (exact) mass is 374 g/mol. The molecule has 0 bridgehead atoms. The summed E-state index contributed by atoms with van der Waals surface area (Å²) in [5.41, 5.74) is 0.817. The van der Waals surface area contributed by atoms with Crippen molar-refractivity contribution in [2.45, 2.75) is 51.8 Å². The molecule has 0 saturated carbocycles. The van der Waals surface area contributed by atoms with E-state index >= 15 is 0 Å². The highest BCUT2D eigenvalue weighted by Crippen LogP contribution is 2.07. The number of terminal acetylenes is 1. The van der Waals surface area contributed by atoms with E-state index in [4.69, 9.17) is 11.2 Å². The fourth-order valence-electron chi connectivity index (χ4n) is 2.35. The summed E-state index contributed by atoms with van der Waals surface area (Å²) in [7, 11) is 0. The van der Waals surface area contributed by atoms with E-state index in [1.54, 1.807) is 13.8 Å². The smallest absolute Gasteiger partial charge is 0.408 e. The molecule has 0 fully saturated rings. The summed E-state index contributed by atoms with van der Waals surface area (Å²) in [6, 6.07) is 7.16. The van der Waals surface area contributed by atoms with E-state index < -0.39 is 30.1 Å². The van der Waals surface area contributed by atoms with Crippen molar-refractivity contribution in [1.82, 2.24) is 10.6 Å². The van der Waals surface area contributed by atoms with Gasteiger partial charge in [0.15, 0.2) is 0 Å². The second-order valence-electron chi connectivity index (χ2n) is 6.42. The molecule has 2 atom stereocenters. The molecular formula is C20H26N2O5. The van der Waals surface area contributed by atoms with Crippen molar-refractivity contribution < 1.29 is 24.2 Å². The second kappa shape index (κ2) is 11.6. The molecular weight excluding hydrogens is 348 g/mol. The van der Waals surface area contributed by atoms with Crippen LogP contribution in [0.2, 0.25) is 0 Å². The predicted octanol–water partition coefficient (Wildman–Crippen LogP) is 2.31. The van der Waals surface area contributed by atoms with Gasteiger partial charge < -0.3 is 20.5 Å². The number of carboxylic acid groups (broad SMARTS) is 1. The summed E-state index contributed by atoms with van der Waals surface area (Å²) in [6.45, 7) is 3.56. The zero-order valence-corrected chi connectivity index (χ0v) is 15.6. The lowest BCUT2D eigenvalue weighted by molar-refractivity contribution is -0.142. The van der Waals surface area contributed by atoms with Gasteiger partial charge in [0.05, 0.1) is 0 Å². The third-order valence-electron chi connectivity index (χ3n) is 3.86. The van der Waals surface area contributed by atoms with Crippen LogP contribution >= 0.6 is 0 Å².